The van der Waals surface area contributed by atoms with Crippen LogP contribution >= 0.6 is 0 Å². The first-order valence-electron chi connectivity index (χ1n) is 8.38. The van der Waals surface area contributed by atoms with Crippen LogP contribution in [0.25, 0.3) is 0 Å². The monoisotopic (exact) mass is 322 g/mol. The summed E-state index contributed by atoms with van der Waals surface area (Å²) in [5.74, 6) is -0.115. The average molecular weight is 322 g/mol. The minimum atomic E-state index is -0.581. The summed E-state index contributed by atoms with van der Waals surface area (Å²) in [6.45, 7) is 7.73. The van der Waals surface area contributed by atoms with Crippen LogP contribution < -0.4 is 0 Å². The van der Waals surface area contributed by atoms with E-state index in [1.54, 1.807) is 12.2 Å². The summed E-state index contributed by atoms with van der Waals surface area (Å²) in [5, 5.41) is 21.1. The molecule has 0 aliphatic heterocycles. The lowest BCUT2D eigenvalue weighted by molar-refractivity contribution is 0.101. The molecule has 2 nitrogen and oxygen atoms in total. The fourth-order valence-electron chi connectivity index (χ4n) is 2.99. The molecule has 0 fully saturated rings. The molecule has 2 N–H and O–H groups in total. The van der Waals surface area contributed by atoms with Gasteiger partial charge in [-0.1, -0.05) is 72.8 Å². The number of hydrogen-bond acceptors (Lipinski definition) is 2. The Hall–Kier alpha value is -2.16. The Morgan fingerprint density at radius 2 is 1.00 bits per heavy atom. The largest absolute Gasteiger partial charge is 0.388 e. The van der Waals surface area contributed by atoms with Crippen molar-refractivity contribution in [2.24, 2.45) is 11.8 Å². The molecule has 126 valence electrons. The smallest absolute Gasteiger partial charge is 0.0852 e. The second-order valence-corrected chi connectivity index (χ2v) is 6.09. The van der Waals surface area contributed by atoms with Gasteiger partial charge >= 0.3 is 0 Å². The van der Waals surface area contributed by atoms with Crippen molar-refractivity contribution < 1.29 is 10.2 Å². The molecule has 0 spiro atoms. The molecule has 24 heavy (non-hydrogen) atoms. The molecule has 0 unspecified atom stereocenters. The van der Waals surface area contributed by atoms with E-state index in [0.717, 1.165) is 24.0 Å². The van der Waals surface area contributed by atoms with Crippen molar-refractivity contribution in [3.05, 3.63) is 97.1 Å². The Labute approximate surface area is 144 Å². The third-order valence-corrected chi connectivity index (χ3v) is 4.53. The van der Waals surface area contributed by atoms with E-state index >= 15 is 0 Å². The van der Waals surface area contributed by atoms with E-state index in [4.69, 9.17) is 0 Å². The first-order chi connectivity index (χ1) is 11.7. The fraction of sp³-hybridized carbons (Fsp3) is 0.273. The van der Waals surface area contributed by atoms with Crippen molar-refractivity contribution in [2.45, 2.75) is 25.0 Å². The van der Waals surface area contributed by atoms with Gasteiger partial charge in [0.25, 0.3) is 0 Å². The summed E-state index contributed by atoms with van der Waals surface area (Å²) in [4.78, 5) is 0. The van der Waals surface area contributed by atoms with E-state index in [1.165, 1.54) is 0 Å². The molecule has 0 radical (unpaired) electrons. The lowest BCUT2D eigenvalue weighted by Gasteiger charge is -2.24. The highest BCUT2D eigenvalue weighted by Crippen LogP contribution is 2.32. The van der Waals surface area contributed by atoms with Gasteiger partial charge in [-0.2, -0.15) is 0 Å². The van der Waals surface area contributed by atoms with Crippen LogP contribution in [0, 0.1) is 11.8 Å². The number of aliphatic hydroxyl groups excluding tert-OH is 2. The maximum Gasteiger partial charge on any atom is 0.0852 e. The molecule has 0 aliphatic rings. The van der Waals surface area contributed by atoms with Gasteiger partial charge in [0, 0.05) is 11.8 Å². The van der Waals surface area contributed by atoms with Gasteiger partial charge in [0.1, 0.15) is 0 Å². The fourth-order valence-corrected chi connectivity index (χ4v) is 2.99. The van der Waals surface area contributed by atoms with Crippen molar-refractivity contribution in [3.63, 3.8) is 0 Å². The van der Waals surface area contributed by atoms with Crippen molar-refractivity contribution in [1.82, 2.24) is 0 Å². The highest BCUT2D eigenvalue weighted by atomic mass is 16.3. The second-order valence-electron chi connectivity index (χ2n) is 6.09. The normalized spacial score (nSPS) is 15.9. The Morgan fingerprint density at radius 1 is 0.667 bits per heavy atom. The maximum absolute atomic E-state index is 10.6. The Balaban J connectivity index is 2.00. The first kappa shape index (κ1) is 18.2. The summed E-state index contributed by atoms with van der Waals surface area (Å²) in [5.41, 5.74) is 1.78. The van der Waals surface area contributed by atoms with E-state index in [-0.39, 0.29) is 11.8 Å². The van der Waals surface area contributed by atoms with Crippen molar-refractivity contribution in [1.29, 1.82) is 0 Å². The topological polar surface area (TPSA) is 40.5 Å². The summed E-state index contributed by atoms with van der Waals surface area (Å²) in [6.07, 6.45) is 3.91. The van der Waals surface area contributed by atoms with Gasteiger partial charge in [-0.05, 0) is 24.0 Å². The lowest BCUT2D eigenvalue weighted by Crippen LogP contribution is -2.15. The van der Waals surface area contributed by atoms with Gasteiger partial charge in [-0.3, -0.25) is 0 Å². The van der Waals surface area contributed by atoms with E-state index in [9.17, 15) is 10.2 Å². The first-order valence-corrected chi connectivity index (χ1v) is 8.38. The zero-order valence-electron chi connectivity index (χ0n) is 14.0. The molecule has 0 amide bonds. The zero-order valence-corrected chi connectivity index (χ0v) is 14.0. The van der Waals surface area contributed by atoms with Crippen molar-refractivity contribution in [3.8, 4) is 0 Å². The Bertz CT molecular complexity index is 563. The van der Waals surface area contributed by atoms with E-state index in [0.29, 0.717) is 0 Å². The Morgan fingerprint density at radius 3 is 1.29 bits per heavy atom. The number of aliphatic hydroxyl groups is 2. The van der Waals surface area contributed by atoms with Crippen LogP contribution in [-0.4, -0.2) is 10.2 Å². The van der Waals surface area contributed by atoms with Gasteiger partial charge in [0.2, 0.25) is 0 Å². The second kappa shape index (κ2) is 9.21. The van der Waals surface area contributed by atoms with E-state index in [1.807, 2.05) is 60.7 Å². The third-order valence-electron chi connectivity index (χ3n) is 4.53. The van der Waals surface area contributed by atoms with Crippen LogP contribution in [0.15, 0.2) is 86.0 Å². The molecule has 2 rings (SSSR count). The minimum absolute atomic E-state index is 0.0576. The molecule has 0 bridgehead atoms. The maximum atomic E-state index is 10.6. The van der Waals surface area contributed by atoms with Gasteiger partial charge in [0.15, 0.2) is 0 Å². The van der Waals surface area contributed by atoms with Gasteiger partial charge < -0.3 is 10.2 Å². The SMILES string of the molecule is C=C[C@H](CC[C@H](C=C)[C@H](O)c1ccccc1)[C@@H](O)c1ccccc1. The minimum Gasteiger partial charge on any atom is -0.388 e. The molecule has 0 heterocycles. The highest BCUT2D eigenvalue weighted by Gasteiger charge is 2.22. The van der Waals surface area contributed by atoms with Crippen molar-refractivity contribution in [2.75, 3.05) is 0 Å². The average Bonchev–Trinajstić information content (AvgIpc) is 2.66. The third kappa shape index (κ3) is 4.67. The predicted octanol–water partition coefficient (Wildman–Crippen LogP) is 4.84. The van der Waals surface area contributed by atoms with Crippen LogP contribution in [0.1, 0.15) is 36.2 Å². The standard InChI is InChI=1S/C22H26O2/c1-3-17(21(23)19-11-7-5-8-12-19)15-16-18(4-2)22(24)20-13-9-6-10-14-20/h3-14,17-18,21-24H,1-2,15-16H2/t17-,18+,21-,22+. The van der Waals surface area contributed by atoms with Gasteiger partial charge in [-0.15, -0.1) is 13.2 Å². The summed E-state index contributed by atoms with van der Waals surface area (Å²) >= 11 is 0. The molecular formula is C22H26O2. The quantitative estimate of drug-likeness (QED) is 0.649. The summed E-state index contributed by atoms with van der Waals surface area (Å²) in [7, 11) is 0. The van der Waals surface area contributed by atoms with Crippen LogP contribution in [0.3, 0.4) is 0 Å². The van der Waals surface area contributed by atoms with Gasteiger partial charge in [-0.25, -0.2) is 0 Å². The van der Waals surface area contributed by atoms with Crippen LogP contribution in [0.2, 0.25) is 0 Å². The van der Waals surface area contributed by atoms with Crippen LogP contribution in [-0.2, 0) is 0 Å². The molecule has 4 atom stereocenters. The summed E-state index contributed by atoms with van der Waals surface area (Å²) in [6, 6.07) is 19.2. The lowest BCUT2D eigenvalue weighted by atomic mass is 9.85. The zero-order chi connectivity index (χ0) is 17.4. The molecule has 2 aromatic carbocycles. The van der Waals surface area contributed by atoms with Gasteiger partial charge in [0.05, 0.1) is 12.2 Å². The number of rotatable bonds is 9. The van der Waals surface area contributed by atoms with Crippen molar-refractivity contribution >= 4 is 0 Å². The summed E-state index contributed by atoms with van der Waals surface area (Å²) < 4.78 is 0. The van der Waals surface area contributed by atoms with E-state index < -0.39 is 12.2 Å². The van der Waals surface area contributed by atoms with Crippen LogP contribution in [0.5, 0.6) is 0 Å². The van der Waals surface area contributed by atoms with Crippen LogP contribution in [0.4, 0.5) is 0 Å². The molecule has 2 aromatic rings. The molecule has 0 aromatic heterocycles. The number of benzene rings is 2. The molecule has 0 saturated carbocycles. The predicted molar refractivity (Wildman–Crippen MR) is 99.4 cm³/mol. The molecule has 0 aliphatic carbocycles. The highest BCUT2D eigenvalue weighted by molar-refractivity contribution is 5.20. The Kier molecular flexibility index (Phi) is 6.98. The molecule has 2 heteroatoms. The number of hydrogen-bond donors (Lipinski definition) is 2. The molecular weight excluding hydrogens is 296 g/mol. The molecule has 0 saturated heterocycles. The van der Waals surface area contributed by atoms with E-state index in [2.05, 4.69) is 13.2 Å².